The van der Waals surface area contributed by atoms with E-state index in [9.17, 15) is 0 Å². The molecule has 0 saturated heterocycles. The van der Waals surface area contributed by atoms with Crippen molar-refractivity contribution >= 4 is 33.7 Å². The first-order valence-electron chi connectivity index (χ1n) is 5.48. The van der Waals surface area contributed by atoms with Gasteiger partial charge in [-0.3, -0.25) is 0 Å². The monoisotopic (exact) mass is 201 g/mol. The molecule has 0 atom stereocenters. The van der Waals surface area contributed by atoms with Crippen LogP contribution in [0.2, 0.25) is 0 Å². The second-order valence-electron chi connectivity index (χ2n) is 4.19. The Balaban J connectivity index is 2.39. The zero-order valence-corrected chi connectivity index (χ0v) is 8.70. The van der Waals surface area contributed by atoms with Crippen LogP contribution >= 0.6 is 0 Å². The van der Waals surface area contributed by atoms with E-state index in [1.54, 1.807) is 0 Å². The third-order valence-electron chi connectivity index (χ3n) is 3.28. The highest BCUT2D eigenvalue weighted by molar-refractivity contribution is 6.16. The van der Waals surface area contributed by atoms with E-state index < -0.39 is 0 Å². The van der Waals surface area contributed by atoms with Crippen molar-refractivity contribution in [2.75, 3.05) is 0 Å². The van der Waals surface area contributed by atoms with Crippen molar-refractivity contribution < 1.29 is 0 Å². The van der Waals surface area contributed by atoms with Gasteiger partial charge in [0.2, 0.25) is 0 Å². The molecule has 0 bridgehead atoms. The Morgan fingerprint density at radius 2 is 1.62 bits per heavy atom. The van der Waals surface area contributed by atoms with Crippen LogP contribution in [0.4, 0.5) is 0 Å². The Bertz CT molecular complexity index is 748. The fourth-order valence-electron chi connectivity index (χ4n) is 2.57. The summed E-state index contributed by atoms with van der Waals surface area (Å²) in [5, 5.41) is 5.19. The predicted octanol–water partition coefficient (Wildman–Crippen LogP) is 4.28. The lowest BCUT2D eigenvalue weighted by atomic mass is 9.97. The minimum atomic E-state index is 1.20. The van der Waals surface area contributed by atoms with Crippen molar-refractivity contribution in [3.05, 3.63) is 59.7 Å². The quantitative estimate of drug-likeness (QED) is 0.372. The summed E-state index contributed by atoms with van der Waals surface area (Å²) in [7, 11) is 0. The highest BCUT2D eigenvalue weighted by Crippen LogP contribution is 2.35. The summed E-state index contributed by atoms with van der Waals surface area (Å²) < 4.78 is 0. The van der Waals surface area contributed by atoms with Crippen LogP contribution in [0.15, 0.2) is 42.5 Å². The highest BCUT2D eigenvalue weighted by Gasteiger charge is 2.11. The summed E-state index contributed by atoms with van der Waals surface area (Å²) in [5.41, 5.74) is 2.54. The molecule has 1 aliphatic rings. The van der Waals surface area contributed by atoms with Crippen LogP contribution in [0.1, 0.15) is 11.1 Å². The van der Waals surface area contributed by atoms with E-state index in [4.69, 9.17) is 0 Å². The first-order chi connectivity index (χ1) is 7.93. The highest BCUT2D eigenvalue weighted by atomic mass is 14.1. The fourth-order valence-corrected chi connectivity index (χ4v) is 2.57. The van der Waals surface area contributed by atoms with E-state index in [1.807, 2.05) is 0 Å². The Morgan fingerprint density at radius 1 is 0.750 bits per heavy atom. The largest absolute Gasteiger partial charge is 0.0616 e. The average Bonchev–Trinajstić information content (AvgIpc) is 2.75. The van der Waals surface area contributed by atoms with Crippen LogP contribution in [0.3, 0.4) is 0 Å². The second-order valence-corrected chi connectivity index (χ2v) is 4.19. The van der Waals surface area contributed by atoms with Gasteiger partial charge in [0.05, 0.1) is 0 Å². The molecule has 1 radical (unpaired) electrons. The zero-order chi connectivity index (χ0) is 10.5. The third-order valence-corrected chi connectivity index (χ3v) is 3.28. The molecule has 0 saturated carbocycles. The SMILES string of the molecule is [c]1c2c3c(cccc3c3ccccc13)C=C2. The van der Waals surface area contributed by atoms with Gasteiger partial charge >= 0.3 is 0 Å². The van der Waals surface area contributed by atoms with Gasteiger partial charge in [0.15, 0.2) is 0 Å². The molecule has 0 amide bonds. The molecular formula is C16H9. The van der Waals surface area contributed by atoms with E-state index in [0.29, 0.717) is 0 Å². The number of hydrogen-bond acceptors (Lipinski definition) is 0. The first kappa shape index (κ1) is 8.12. The van der Waals surface area contributed by atoms with Crippen LogP contribution in [0.5, 0.6) is 0 Å². The Hall–Kier alpha value is -2.08. The average molecular weight is 201 g/mol. The number of hydrogen-bond donors (Lipinski definition) is 0. The van der Waals surface area contributed by atoms with Gasteiger partial charge in [-0.05, 0) is 38.7 Å². The minimum Gasteiger partial charge on any atom is -0.0616 e. The maximum Gasteiger partial charge on any atom is -0.00137 e. The molecule has 3 aromatic rings. The number of fused-ring (bicyclic) bond motifs is 2. The standard InChI is InChI=1S/C16H9/c1-2-6-14-12(4-1)10-13-9-8-11-5-3-7-15(14)16(11)13/h1-9H. The van der Waals surface area contributed by atoms with Crippen LogP contribution in [0.25, 0.3) is 33.7 Å². The summed E-state index contributed by atoms with van der Waals surface area (Å²) in [6, 6.07) is 18.4. The van der Waals surface area contributed by atoms with Gasteiger partial charge in [0, 0.05) is 0 Å². The molecule has 3 aromatic carbocycles. The van der Waals surface area contributed by atoms with Crippen LogP contribution < -0.4 is 0 Å². The van der Waals surface area contributed by atoms with Crippen molar-refractivity contribution in [1.82, 2.24) is 0 Å². The summed E-state index contributed by atoms with van der Waals surface area (Å²) >= 11 is 0. The molecule has 0 aliphatic heterocycles. The van der Waals surface area contributed by atoms with Crippen LogP contribution in [0, 0.1) is 6.07 Å². The fraction of sp³-hybridized carbons (Fsp3) is 0. The van der Waals surface area contributed by atoms with Gasteiger partial charge < -0.3 is 0 Å². The lowest BCUT2D eigenvalue weighted by Crippen LogP contribution is -1.82. The molecule has 0 aromatic heterocycles. The molecule has 73 valence electrons. The van der Waals surface area contributed by atoms with Gasteiger partial charge in [-0.1, -0.05) is 54.6 Å². The molecule has 0 spiro atoms. The maximum absolute atomic E-state index is 3.48. The smallest absolute Gasteiger partial charge is 0.00137 e. The normalized spacial score (nSPS) is 12.8. The lowest BCUT2D eigenvalue weighted by molar-refractivity contribution is 1.73. The number of rotatable bonds is 0. The summed E-state index contributed by atoms with van der Waals surface area (Å²) in [4.78, 5) is 0. The molecule has 0 fully saturated rings. The van der Waals surface area contributed by atoms with E-state index in [1.165, 1.54) is 32.7 Å². The second kappa shape index (κ2) is 2.73. The van der Waals surface area contributed by atoms with E-state index in [0.717, 1.165) is 0 Å². The van der Waals surface area contributed by atoms with Crippen LogP contribution in [-0.4, -0.2) is 0 Å². The van der Waals surface area contributed by atoms with Crippen molar-refractivity contribution in [3.8, 4) is 0 Å². The van der Waals surface area contributed by atoms with Crippen LogP contribution in [-0.2, 0) is 0 Å². The minimum absolute atomic E-state index is 1.20. The molecule has 1 aliphatic carbocycles. The molecular weight excluding hydrogens is 192 g/mol. The predicted molar refractivity (Wildman–Crippen MR) is 69.2 cm³/mol. The molecule has 0 heteroatoms. The van der Waals surface area contributed by atoms with Gasteiger partial charge in [0.25, 0.3) is 0 Å². The van der Waals surface area contributed by atoms with Gasteiger partial charge in [0.1, 0.15) is 0 Å². The first-order valence-corrected chi connectivity index (χ1v) is 5.48. The topological polar surface area (TPSA) is 0 Å². The Labute approximate surface area is 93.8 Å². The Morgan fingerprint density at radius 3 is 2.62 bits per heavy atom. The molecule has 0 nitrogen and oxygen atoms in total. The van der Waals surface area contributed by atoms with E-state index >= 15 is 0 Å². The molecule has 0 N–H and O–H groups in total. The van der Waals surface area contributed by atoms with E-state index in [2.05, 4.69) is 60.7 Å². The molecule has 16 heavy (non-hydrogen) atoms. The maximum atomic E-state index is 3.48. The Kier molecular flexibility index (Phi) is 1.39. The molecule has 4 rings (SSSR count). The van der Waals surface area contributed by atoms with Crippen molar-refractivity contribution in [2.24, 2.45) is 0 Å². The van der Waals surface area contributed by atoms with Crippen molar-refractivity contribution in [2.45, 2.75) is 0 Å². The van der Waals surface area contributed by atoms with Crippen molar-refractivity contribution in [1.29, 1.82) is 0 Å². The van der Waals surface area contributed by atoms with E-state index in [-0.39, 0.29) is 0 Å². The molecule has 0 heterocycles. The number of benzene rings is 3. The summed E-state index contributed by atoms with van der Waals surface area (Å²) in [5.74, 6) is 0. The third kappa shape index (κ3) is 0.892. The lowest BCUT2D eigenvalue weighted by Gasteiger charge is -2.06. The zero-order valence-electron chi connectivity index (χ0n) is 8.70. The van der Waals surface area contributed by atoms with Gasteiger partial charge in [-0.15, -0.1) is 0 Å². The molecule has 0 unspecified atom stereocenters. The van der Waals surface area contributed by atoms with Gasteiger partial charge in [-0.2, -0.15) is 0 Å². The van der Waals surface area contributed by atoms with Crippen molar-refractivity contribution in [3.63, 3.8) is 0 Å². The van der Waals surface area contributed by atoms with Gasteiger partial charge in [-0.25, -0.2) is 0 Å². The summed E-state index contributed by atoms with van der Waals surface area (Å²) in [6.07, 6.45) is 4.33. The summed E-state index contributed by atoms with van der Waals surface area (Å²) in [6.45, 7) is 0.